The SMILES string of the molecule is CCN(CC)CCCCCC(N)CCO. The van der Waals surface area contributed by atoms with Gasteiger partial charge in [-0.3, -0.25) is 0 Å². The van der Waals surface area contributed by atoms with Crippen molar-refractivity contribution >= 4 is 0 Å². The average Bonchev–Trinajstić information content (AvgIpc) is 2.24. The summed E-state index contributed by atoms with van der Waals surface area (Å²) in [5.41, 5.74) is 5.81. The Bertz CT molecular complexity index is 127. The Morgan fingerprint density at radius 2 is 1.73 bits per heavy atom. The van der Waals surface area contributed by atoms with Gasteiger partial charge in [-0.05, 0) is 38.9 Å². The maximum Gasteiger partial charge on any atom is 0.0445 e. The summed E-state index contributed by atoms with van der Waals surface area (Å²) in [5.74, 6) is 0. The highest BCUT2D eigenvalue weighted by Crippen LogP contribution is 2.05. The molecule has 1 unspecified atom stereocenters. The second-order valence-corrected chi connectivity index (χ2v) is 4.15. The van der Waals surface area contributed by atoms with Crippen molar-refractivity contribution in [2.24, 2.45) is 5.73 Å². The van der Waals surface area contributed by atoms with Gasteiger partial charge in [-0.25, -0.2) is 0 Å². The summed E-state index contributed by atoms with van der Waals surface area (Å²) in [6.45, 7) is 8.16. The molecular weight excluding hydrogens is 188 g/mol. The van der Waals surface area contributed by atoms with E-state index in [1.807, 2.05) is 0 Å². The molecule has 0 amide bonds. The Morgan fingerprint density at radius 3 is 2.27 bits per heavy atom. The molecule has 0 saturated carbocycles. The number of hydrogen-bond donors (Lipinski definition) is 2. The average molecular weight is 216 g/mol. The molecule has 3 nitrogen and oxygen atoms in total. The van der Waals surface area contributed by atoms with E-state index in [-0.39, 0.29) is 12.6 Å². The fourth-order valence-corrected chi connectivity index (χ4v) is 1.77. The van der Waals surface area contributed by atoms with Gasteiger partial charge in [0.2, 0.25) is 0 Å². The van der Waals surface area contributed by atoms with Crippen LogP contribution >= 0.6 is 0 Å². The van der Waals surface area contributed by atoms with Crippen LogP contribution in [0.15, 0.2) is 0 Å². The molecule has 15 heavy (non-hydrogen) atoms. The molecule has 3 N–H and O–H groups in total. The Hall–Kier alpha value is -0.120. The monoisotopic (exact) mass is 216 g/mol. The summed E-state index contributed by atoms with van der Waals surface area (Å²) in [5, 5.41) is 8.69. The molecule has 0 aliphatic carbocycles. The molecule has 0 aromatic rings. The quantitative estimate of drug-likeness (QED) is 0.545. The molecule has 0 rings (SSSR count). The lowest BCUT2D eigenvalue weighted by atomic mass is 10.1. The minimum Gasteiger partial charge on any atom is -0.396 e. The van der Waals surface area contributed by atoms with E-state index >= 15 is 0 Å². The topological polar surface area (TPSA) is 49.5 Å². The lowest BCUT2D eigenvalue weighted by molar-refractivity contribution is 0.269. The Labute approximate surface area is 94.6 Å². The zero-order valence-corrected chi connectivity index (χ0v) is 10.4. The molecule has 0 spiro atoms. The van der Waals surface area contributed by atoms with Crippen molar-refractivity contribution in [1.82, 2.24) is 4.90 Å². The molecule has 0 heterocycles. The van der Waals surface area contributed by atoms with Crippen molar-refractivity contribution in [2.75, 3.05) is 26.2 Å². The van der Waals surface area contributed by atoms with Gasteiger partial charge in [-0.2, -0.15) is 0 Å². The molecule has 3 heteroatoms. The van der Waals surface area contributed by atoms with E-state index in [1.165, 1.54) is 25.8 Å². The van der Waals surface area contributed by atoms with Crippen molar-refractivity contribution in [3.8, 4) is 0 Å². The third-order valence-corrected chi connectivity index (χ3v) is 2.94. The largest absolute Gasteiger partial charge is 0.396 e. The molecular formula is C12H28N2O. The number of unbranched alkanes of at least 4 members (excludes halogenated alkanes) is 2. The number of nitrogens with two attached hydrogens (primary N) is 1. The number of nitrogens with zero attached hydrogens (tertiary/aromatic N) is 1. The third kappa shape index (κ3) is 8.85. The molecule has 1 atom stereocenters. The summed E-state index contributed by atoms with van der Waals surface area (Å²) in [7, 11) is 0. The Balaban J connectivity index is 3.23. The van der Waals surface area contributed by atoms with E-state index in [4.69, 9.17) is 10.8 Å². The van der Waals surface area contributed by atoms with Crippen molar-refractivity contribution in [3.63, 3.8) is 0 Å². The maximum atomic E-state index is 8.69. The first kappa shape index (κ1) is 14.9. The van der Waals surface area contributed by atoms with Crippen molar-refractivity contribution in [1.29, 1.82) is 0 Å². The smallest absolute Gasteiger partial charge is 0.0445 e. The summed E-state index contributed by atoms with van der Waals surface area (Å²) in [4.78, 5) is 2.45. The number of rotatable bonds is 10. The summed E-state index contributed by atoms with van der Waals surface area (Å²) >= 11 is 0. The lowest BCUT2D eigenvalue weighted by Gasteiger charge is -2.17. The predicted octanol–water partition coefficient (Wildman–Crippen LogP) is 1.60. The highest BCUT2D eigenvalue weighted by atomic mass is 16.3. The standard InChI is InChI=1S/C12H28N2O/c1-3-14(4-2)10-7-5-6-8-12(13)9-11-15/h12,15H,3-11,13H2,1-2H3. The maximum absolute atomic E-state index is 8.69. The molecule has 0 aliphatic heterocycles. The van der Waals surface area contributed by atoms with Gasteiger partial charge in [0, 0.05) is 12.6 Å². The van der Waals surface area contributed by atoms with Gasteiger partial charge >= 0.3 is 0 Å². The molecule has 0 bridgehead atoms. The van der Waals surface area contributed by atoms with Crippen molar-refractivity contribution in [2.45, 2.75) is 52.0 Å². The molecule has 0 aromatic carbocycles. The van der Waals surface area contributed by atoms with E-state index in [1.54, 1.807) is 0 Å². The van der Waals surface area contributed by atoms with Gasteiger partial charge in [-0.15, -0.1) is 0 Å². The third-order valence-electron chi connectivity index (χ3n) is 2.94. The highest BCUT2D eigenvalue weighted by Gasteiger charge is 2.02. The molecule has 0 radical (unpaired) electrons. The van der Waals surface area contributed by atoms with Crippen LogP contribution in [0.3, 0.4) is 0 Å². The lowest BCUT2D eigenvalue weighted by Crippen LogP contribution is -2.24. The zero-order valence-electron chi connectivity index (χ0n) is 10.4. The van der Waals surface area contributed by atoms with Crippen LogP contribution in [0.2, 0.25) is 0 Å². The van der Waals surface area contributed by atoms with Crippen LogP contribution in [0.5, 0.6) is 0 Å². The number of hydrogen-bond acceptors (Lipinski definition) is 3. The molecule has 0 saturated heterocycles. The minimum absolute atomic E-state index is 0.198. The summed E-state index contributed by atoms with van der Waals surface area (Å²) in [6, 6.07) is 0.198. The first-order valence-corrected chi connectivity index (χ1v) is 6.33. The fraction of sp³-hybridized carbons (Fsp3) is 1.00. The van der Waals surface area contributed by atoms with Gasteiger partial charge < -0.3 is 15.7 Å². The van der Waals surface area contributed by atoms with Crippen LogP contribution in [0, 0.1) is 0 Å². The van der Waals surface area contributed by atoms with Crippen LogP contribution in [0.25, 0.3) is 0 Å². The number of aliphatic hydroxyl groups is 1. The van der Waals surface area contributed by atoms with E-state index in [0.717, 1.165) is 25.9 Å². The zero-order chi connectivity index (χ0) is 11.5. The van der Waals surface area contributed by atoms with Crippen LogP contribution in [0.1, 0.15) is 46.0 Å². The van der Waals surface area contributed by atoms with Crippen molar-refractivity contribution in [3.05, 3.63) is 0 Å². The van der Waals surface area contributed by atoms with Gasteiger partial charge in [0.1, 0.15) is 0 Å². The van der Waals surface area contributed by atoms with E-state index < -0.39 is 0 Å². The highest BCUT2D eigenvalue weighted by molar-refractivity contribution is 4.61. The Morgan fingerprint density at radius 1 is 1.07 bits per heavy atom. The van der Waals surface area contributed by atoms with Crippen LogP contribution in [0.4, 0.5) is 0 Å². The second-order valence-electron chi connectivity index (χ2n) is 4.15. The van der Waals surface area contributed by atoms with Gasteiger partial charge in [0.15, 0.2) is 0 Å². The second kappa shape index (κ2) is 10.4. The van der Waals surface area contributed by atoms with Crippen molar-refractivity contribution < 1.29 is 5.11 Å². The first-order valence-electron chi connectivity index (χ1n) is 6.33. The molecule has 92 valence electrons. The Kier molecular flexibility index (Phi) is 10.3. The van der Waals surface area contributed by atoms with Crippen LogP contribution in [-0.2, 0) is 0 Å². The van der Waals surface area contributed by atoms with Gasteiger partial charge in [0.25, 0.3) is 0 Å². The summed E-state index contributed by atoms with van der Waals surface area (Å²) in [6.07, 6.45) is 5.53. The predicted molar refractivity (Wildman–Crippen MR) is 65.9 cm³/mol. The van der Waals surface area contributed by atoms with Gasteiger partial charge in [0.05, 0.1) is 0 Å². The fourth-order valence-electron chi connectivity index (χ4n) is 1.77. The number of aliphatic hydroxyl groups excluding tert-OH is 1. The van der Waals surface area contributed by atoms with E-state index in [2.05, 4.69) is 18.7 Å². The summed E-state index contributed by atoms with van der Waals surface area (Å²) < 4.78 is 0. The molecule has 0 fully saturated rings. The normalized spacial score (nSPS) is 13.4. The first-order chi connectivity index (χ1) is 7.24. The van der Waals surface area contributed by atoms with E-state index in [0.29, 0.717) is 0 Å². The van der Waals surface area contributed by atoms with Crippen LogP contribution in [-0.4, -0.2) is 42.3 Å². The van der Waals surface area contributed by atoms with Crippen LogP contribution < -0.4 is 5.73 Å². The van der Waals surface area contributed by atoms with Gasteiger partial charge in [-0.1, -0.05) is 26.7 Å². The molecule has 0 aromatic heterocycles. The minimum atomic E-state index is 0.198. The van der Waals surface area contributed by atoms with E-state index in [9.17, 15) is 0 Å². The molecule has 0 aliphatic rings.